The molecule has 0 radical (unpaired) electrons. The minimum absolute atomic E-state index is 0.0390. The van der Waals surface area contributed by atoms with E-state index in [0.717, 1.165) is 57.8 Å². The maximum Gasteiger partial charge on any atom is 0.305 e. The second kappa shape index (κ2) is 59.4. The van der Waals surface area contributed by atoms with Gasteiger partial charge in [0.1, 0.15) is 0 Å². The Morgan fingerprint density at radius 2 is 0.714 bits per heavy atom. The maximum atomic E-state index is 12.5. The predicted molar refractivity (Wildman–Crippen MR) is 306 cm³/mol. The number of carbonyl (C=O) groups is 2. The molecule has 0 aliphatic carbocycles. The zero-order chi connectivity index (χ0) is 50.7. The van der Waals surface area contributed by atoms with Crippen molar-refractivity contribution in [2.75, 3.05) is 13.2 Å². The van der Waals surface area contributed by atoms with E-state index >= 15 is 0 Å². The molecule has 0 aromatic rings. The minimum atomic E-state index is -0.668. The molecule has 0 rings (SSSR count). The average Bonchev–Trinajstić information content (AvgIpc) is 3.36. The Bertz CT molecular complexity index is 1180. The fourth-order valence-electron chi connectivity index (χ4n) is 9.39. The number of aliphatic hydroxyl groups is 2. The summed E-state index contributed by atoms with van der Waals surface area (Å²) in [7, 11) is 0. The number of esters is 1. The molecule has 2 unspecified atom stereocenters. The van der Waals surface area contributed by atoms with E-state index in [1.165, 1.54) is 231 Å². The standard InChI is InChI=1S/C64H119NO5/c1-3-5-7-9-11-13-15-17-19-25-30-34-38-42-46-50-54-58-64(69)70-59-55-51-47-43-39-35-31-27-24-22-20-21-23-26-29-33-37-41-45-49-53-57-63(68)65-61(60-66)62(67)56-52-48-44-40-36-32-28-18-16-14-12-10-8-6-4-2/h11,13,17,19,35,39,47,51,61-62,66-67H,3-10,12,14-16,18,20-34,36-38,40-46,48-50,52-60H2,1-2H3,(H,65,68)/b13-11-,19-17-,39-35-,51-47-. The highest BCUT2D eigenvalue weighted by Crippen LogP contribution is 2.17. The van der Waals surface area contributed by atoms with Gasteiger partial charge in [0.2, 0.25) is 5.91 Å². The molecule has 3 N–H and O–H groups in total. The van der Waals surface area contributed by atoms with Crippen molar-refractivity contribution >= 4 is 11.9 Å². The summed E-state index contributed by atoms with van der Waals surface area (Å²) in [5.41, 5.74) is 0. The van der Waals surface area contributed by atoms with Crippen molar-refractivity contribution in [1.29, 1.82) is 0 Å². The Labute approximate surface area is 436 Å². The van der Waals surface area contributed by atoms with E-state index in [1.807, 2.05) is 0 Å². The fourth-order valence-corrected chi connectivity index (χ4v) is 9.39. The van der Waals surface area contributed by atoms with Crippen molar-refractivity contribution in [2.24, 2.45) is 0 Å². The molecule has 70 heavy (non-hydrogen) atoms. The average molecular weight is 983 g/mol. The number of allylic oxidation sites excluding steroid dienone is 7. The van der Waals surface area contributed by atoms with Crippen LogP contribution in [-0.2, 0) is 14.3 Å². The van der Waals surface area contributed by atoms with Crippen LogP contribution in [0.3, 0.4) is 0 Å². The van der Waals surface area contributed by atoms with Crippen LogP contribution in [0.4, 0.5) is 0 Å². The van der Waals surface area contributed by atoms with Gasteiger partial charge in [0.05, 0.1) is 25.4 Å². The number of amides is 1. The van der Waals surface area contributed by atoms with Gasteiger partial charge in [-0.2, -0.15) is 0 Å². The lowest BCUT2D eigenvalue weighted by Gasteiger charge is -2.22. The molecule has 1 amide bonds. The Morgan fingerprint density at radius 3 is 1.11 bits per heavy atom. The van der Waals surface area contributed by atoms with Crippen molar-refractivity contribution < 1.29 is 24.5 Å². The van der Waals surface area contributed by atoms with Gasteiger partial charge in [0, 0.05) is 12.8 Å². The highest BCUT2D eigenvalue weighted by Gasteiger charge is 2.20. The van der Waals surface area contributed by atoms with Gasteiger partial charge in [0.15, 0.2) is 0 Å². The summed E-state index contributed by atoms with van der Waals surface area (Å²) >= 11 is 0. The van der Waals surface area contributed by atoms with E-state index in [9.17, 15) is 19.8 Å². The zero-order valence-electron chi connectivity index (χ0n) is 46.7. The summed E-state index contributed by atoms with van der Waals surface area (Å²) in [6.07, 6.45) is 75.6. The van der Waals surface area contributed by atoms with Crippen LogP contribution in [-0.4, -0.2) is 47.4 Å². The van der Waals surface area contributed by atoms with Crippen LogP contribution in [0.25, 0.3) is 0 Å². The van der Waals surface area contributed by atoms with Gasteiger partial charge in [-0.3, -0.25) is 9.59 Å². The first-order chi connectivity index (χ1) is 34.5. The third kappa shape index (κ3) is 55.1. The molecule has 0 saturated heterocycles. The van der Waals surface area contributed by atoms with Crippen LogP contribution in [0.2, 0.25) is 0 Å². The Morgan fingerprint density at radius 1 is 0.400 bits per heavy atom. The number of nitrogens with one attached hydrogen (secondary N) is 1. The molecule has 6 heteroatoms. The zero-order valence-corrected chi connectivity index (χ0v) is 46.7. The number of ether oxygens (including phenoxy) is 1. The molecule has 0 aromatic heterocycles. The highest BCUT2D eigenvalue weighted by atomic mass is 16.5. The number of aliphatic hydroxyl groups excluding tert-OH is 2. The first kappa shape index (κ1) is 67.8. The second-order valence-electron chi connectivity index (χ2n) is 21.0. The summed E-state index contributed by atoms with van der Waals surface area (Å²) in [6, 6.07) is -0.546. The Hall–Kier alpha value is -2.18. The molecule has 0 bridgehead atoms. The van der Waals surface area contributed by atoms with Crippen LogP contribution in [0, 0.1) is 0 Å². The van der Waals surface area contributed by atoms with Gasteiger partial charge in [-0.25, -0.2) is 0 Å². The number of carbonyl (C=O) groups excluding carboxylic acids is 2. The largest absolute Gasteiger partial charge is 0.465 e. The molecule has 6 nitrogen and oxygen atoms in total. The molecule has 0 aliphatic rings. The quantitative estimate of drug-likeness (QED) is 0.0321. The number of hydrogen-bond acceptors (Lipinski definition) is 5. The van der Waals surface area contributed by atoms with Gasteiger partial charge < -0.3 is 20.3 Å². The van der Waals surface area contributed by atoms with E-state index in [1.54, 1.807) is 0 Å². The van der Waals surface area contributed by atoms with Crippen LogP contribution in [0.1, 0.15) is 322 Å². The topological polar surface area (TPSA) is 95.9 Å². The minimum Gasteiger partial charge on any atom is -0.465 e. The van der Waals surface area contributed by atoms with Gasteiger partial charge in [-0.1, -0.05) is 281 Å². The maximum absolute atomic E-state index is 12.5. The van der Waals surface area contributed by atoms with E-state index in [0.29, 0.717) is 25.9 Å². The first-order valence-electron chi connectivity index (χ1n) is 30.9. The lowest BCUT2D eigenvalue weighted by Crippen LogP contribution is -2.45. The summed E-state index contributed by atoms with van der Waals surface area (Å²) in [5, 5.41) is 23.3. The molecule has 0 saturated carbocycles. The molecule has 0 aromatic carbocycles. The van der Waals surface area contributed by atoms with Crippen LogP contribution < -0.4 is 5.32 Å². The van der Waals surface area contributed by atoms with E-state index < -0.39 is 12.1 Å². The van der Waals surface area contributed by atoms with Gasteiger partial charge in [0.25, 0.3) is 0 Å². The Balaban J connectivity index is 3.46. The van der Waals surface area contributed by atoms with Crippen LogP contribution in [0.5, 0.6) is 0 Å². The number of hydrogen-bond donors (Lipinski definition) is 3. The second-order valence-corrected chi connectivity index (χ2v) is 21.0. The molecule has 0 fully saturated rings. The molecular weight excluding hydrogens is 863 g/mol. The van der Waals surface area contributed by atoms with E-state index in [2.05, 4.69) is 67.8 Å². The summed E-state index contributed by atoms with van der Waals surface area (Å²) in [6.45, 7) is 4.82. The number of unbranched alkanes of at least 4 members (excludes halogenated alkanes) is 38. The third-order valence-corrected chi connectivity index (χ3v) is 14.1. The molecule has 0 heterocycles. The monoisotopic (exact) mass is 982 g/mol. The lowest BCUT2D eigenvalue weighted by atomic mass is 10.0. The van der Waals surface area contributed by atoms with Crippen LogP contribution in [0.15, 0.2) is 48.6 Å². The molecular formula is C64H119NO5. The van der Waals surface area contributed by atoms with Crippen molar-refractivity contribution in [3.8, 4) is 0 Å². The Kier molecular flexibility index (Phi) is 57.5. The summed E-state index contributed by atoms with van der Waals surface area (Å²) < 4.78 is 5.42. The van der Waals surface area contributed by atoms with Crippen molar-refractivity contribution in [2.45, 2.75) is 334 Å². The summed E-state index contributed by atoms with van der Waals surface area (Å²) in [5.74, 6) is -0.0821. The molecule has 2 atom stereocenters. The van der Waals surface area contributed by atoms with Crippen molar-refractivity contribution in [3.05, 3.63) is 48.6 Å². The molecule has 410 valence electrons. The van der Waals surface area contributed by atoms with Gasteiger partial charge in [-0.15, -0.1) is 0 Å². The van der Waals surface area contributed by atoms with E-state index in [-0.39, 0.29) is 18.5 Å². The normalized spacial score (nSPS) is 12.9. The fraction of sp³-hybridized carbons (Fsp3) is 0.844. The van der Waals surface area contributed by atoms with Crippen molar-refractivity contribution in [3.63, 3.8) is 0 Å². The SMILES string of the molecule is CCCCC/C=C\C/C=C\CCCCCCCCCC(=O)OCC/C=C\C/C=C\CCCCCCCCCCCCCCCCC(=O)NC(CO)C(O)CCCCCCCCCCCCCCCCC. The van der Waals surface area contributed by atoms with Gasteiger partial charge >= 0.3 is 5.97 Å². The van der Waals surface area contributed by atoms with Gasteiger partial charge in [-0.05, 0) is 77.0 Å². The molecule has 0 aliphatic heterocycles. The molecule has 0 spiro atoms. The number of rotatable bonds is 57. The van der Waals surface area contributed by atoms with E-state index in [4.69, 9.17) is 4.74 Å². The first-order valence-corrected chi connectivity index (χ1v) is 30.9. The predicted octanol–water partition coefficient (Wildman–Crippen LogP) is 19.4. The highest BCUT2D eigenvalue weighted by molar-refractivity contribution is 5.76. The van der Waals surface area contributed by atoms with Crippen LogP contribution >= 0.6 is 0 Å². The smallest absolute Gasteiger partial charge is 0.305 e. The summed E-state index contributed by atoms with van der Waals surface area (Å²) in [4.78, 5) is 24.5. The lowest BCUT2D eigenvalue weighted by molar-refractivity contribution is -0.143. The third-order valence-electron chi connectivity index (χ3n) is 14.1. The van der Waals surface area contributed by atoms with Crippen molar-refractivity contribution in [1.82, 2.24) is 5.32 Å².